The largest absolute Gasteiger partial charge is 0.461 e. The lowest BCUT2D eigenvalue weighted by Gasteiger charge is -2.21. The number of hydrogen-bond acceptors (Lipinski definition) is 5. The second kappa shape index (κ2) is 6.42. The zero-order valence-corrected chi connectivity index (χ0v) is 15.3. The molecule has 0 N–H and O–H groups in total. The highest BCUT2D eigenvalue weighted by Gasteiger charge is 2.40. The summed E-state index contributed by atoms with van der Waals surface area (Å²) in [4.78, 5) is 12.8. The van der Waals surface area contributed by atoms with Crippen molar-refractivity contribution in [2.45, 2.75) is 43.4 Å². The van der Waals surface area contributed by atoms with Gasteiger partial charge in [0.1, 0.15) is 9.77 Å². The Balaban J connectivity index is 1.44. The van der Waals surface area contributed by atoms with Gasteiger partial charge >= 0.3 is 5.97 Å². The molecule has 3 aliphatic rings. The SMILES string of the molecule is O=C(OCC1CC2CCC1C2)c1sccc1S(=O)(=O)N1CCCC1. The van der Waals surface area contributed by atoms with Crippen LogP contribution in [0.25, 0.3) is 0 Å². The summed E-state index contributed by atoms with van der Waals surface area (Å²) in [5, 5.41) is 1.66. The smallest absolute Gasteiger partial charge is 0.349 e. The van der Waals surface area contributed by atoms with E-state index in [4.69, 9.17) is 4.74 Å². The van der Waals surface area contributed by atoms with Crippen molar-refractivity contribution in [1.29, 1.82) is 0 Å². The Morgan fingerprint density at radius 1 is 1.25 bits per heavy atom. The first kappa shape index (κ1) is 16.5. The van der Waals surface area contributed by atoms with Crippen LogP contribution in [0.15, 0.2) is 16.3 Å². The Labute approximate surface area is 147 Å². The van der Waals surface area contributed by atoms with E-state index in [1.165, 1.54) is 29.6 Å². The number of nitrogens with zero attached hydrogens (tertiary/aromatic N) is 1. The summed E-state index contributed by atoms with van der Waals surface area (Å²) in [6.07, 6.45) is 6.76. The summed E-state index contributed by atoms with van der Waals surface area (Å²) in [6.45, 7) is 1.51. The van der Waals surface area contributed by atoms with Crippen LogP contribution in [0.2, 0.25) is 0 Å². The number of ether oxygens (including phenoxy) is 1. The molecule has 1 aliphatic heterocycles. The highest BCUT2D eigenvalue weighted by molar-refractivity contribution is 7.89. The van der Waals surface area contributed by atoms with Crippen LogP contribution >= 0.6 is 11.3 Å². The van der Waals surface area contributed by atoms with Crippen LogP contribution in [-0.2, 0) is 14.8 Å². The number of fused-ring (bicyclic) bond motifs is 2. The molecule has 0 radical (unpaired) electrons. The fourth-order valence-corrected chi connectivity index (χ4v) is 7.35. The zero-order valence-electron chi connectivity index (χ0n) is 13.6. The fourth-order valence-electron chi connectivity index (χ4n) is 4.55. The van der Waals surface area contributed by atoms with Crippen molar-refractivity contribution in [2.75, 3.05) is 19.7 Å². The number of carbonyl (C=O) groups is 1. The molecule has 0 aromatic carbocycles. The molecule has 2 heterocycles. The van der Waals surface area contributed by atoms with Crippen LogP contribution in [0, 0.1) is 17.8 Å². The Bertz CT molecular complexity index is 721. The maximum atomic E-state index is 12.7. The van der Waals surface area contributed by atoms with Gasteiger partial charge in [-0.25, -0.2) is 13.2 Å². The molecule has 0 spiro atoms. The van der Waals surface area contributed by atoms with Gasteiger partial charge in [0.15, 0.2) is 0 Å². The molecule has 2 aliphatic carbocycles. The average Bonchev–Trinajstić information content (AvgIpc) is 3.36. The van der Waals surface area contributed by atoms with Crippen LogP contribution in [0.4, 0.5) is 0 Å². The van der Waals surface area contributed by atoms with E-state index in [1.807, 2.05) is 0 Å². The van der Waals surface area contributed by atoms with Crippen molar-refractivity contribution >= 4 is 27.3 Å². The Morgan fingerprint density at radius 3 is 2.71 bits per heavy atom. The lowest BCUT2D eigenvalue weighted by Crippen LogP contribution is -2.29. The van der Waals surface area contributed by atoms with Crippen LogP contribution in [-0.4, -0.2) is 38.4 Å². The highest BCUT2D eigenvalue weighted by Crippen LogP contribution is 2.48. The van der Waals surface area contributed by atoms with Crippen molar-refractivity contribution in [3.63, 3.8) is 0 Å². The van der Waals surface area contributed by atoms with E-state index in [1.54, 1.807) is 5.38 Å². The molecule has 132 valence electrons. The van der Waals surface area contributed by atoms with Crippen molar-refractivity contribution in [2.24, 2.45) is 17.8 Å². The van der Waals surface area contributed by atoms with Gasteiger partial charge in [0.05, 0.1) is 6.61 Å². The fraction of sp³-hybridized carbons (Fsp3) is 0.706. The molecule has 2 bridgehead atoms. The molecule has 5 nitrogen and oxygen atoms in total. The zero-order chi connectivity index (χ0) is 16.7. The Hall–Kier alpha value is -0.920. The Morgan fingerprint density at radius 2 is 2.04 bits per heavy atom. The lowest BCUT2D eigenvalue weighted by molar-refractivity contribution is 0.0395. The third-order valence-corrected chi connectivity index (χ3v) is 8.78. The lowest BCUT2D eigenvalue weighted by atomic mass is 9.90. The molecule has 3 fully saturated rings. The maximum absolute atomic E-state index is 12.7. The van der Waals surface area contributed by atoms with Crippen molar-refractivity contribution in [3.8, 4) is 0 Å². The van der Waals surface area contributed by atoms with E-state index in [9.17, 15) is 13.2 Å². The first-order valence-electron chi connectivity index (χ1n) is 8.80. The topological polar surface area (TPSA) is 63.7 Å². The van der Waals surface area contributed by atoms with E-state index in [0.29, 0.717) is 31.5 Å². The van der Waals surface area contributed by atoms with Crippen molar-refractivity contribution < 1.29 is 17.9 Å². The molecule has 1 aromatic rings. The van der Waals surface area contributed by atoms with Crippen LogP contribution < -0.4 is 0 Å². The number of esters is 1. The highest BCUT2D eigenvalue weighted by atomic mass is 32.2. The van der Waals surface area contributed by atoms with E-state index in [-0.39, 0.29) is 9.77 Å². The summed E-state index contributed by atoms with van der Waals surface area (Å²) in [5.41, 5.74) is 0. The molecule has 24 heavy (non-hydrogen) atoms. The first-order valence-corrected chi connectivity index (χ1v) is 11.1. The molecule has 0 amide bonds. The molecular weight excluding hydrogens is 346 g/mol. The van der Waals surface area contributed by atoms with E-state index < -0.39 is 16.0 Å². The predicted octanol–water partition coefficient (Wildman–Crippen LogP) is 3.13. The number of hydrogen-bond donors (Lipinski definition) is 0. The molecule has 2 saturated carbocycles. The normalized spacial score (nSPS) is 30.1. The van der Waals surface area contributed by atoms with Crippen molar-refractivity contribution in [3.05, 3.63) is 16.3 Å². The van der Waals surface area contributed by atoms with E-state index in [2.05, 4.69) is 0 Å². The standard InChI is InChI=1S/C17H23NO4S2/c19-17(22-11-14-10-12-3-4-13(14)9-12)16-15(5-8-23-16)24(20,21)18-6-1-2-7-18/h5,8,12-14H,1-4,6-7,9-11H2. The molecule has 7 heteroatoms. The first-order chi connectivity index (χ1) is 11.6. The van der Waals surface area contributed by atoms with Gasteiger partial charge in [-0.15, -0.1) is 11.3 Å². The second-order valence-corrected chi connectivity index (χ2v) is 10.1. The minimum absolute atomic E-state index is 0.118. The van der Waals surface area contributed by atoms with E-state index >= 15 is 0 Å². The van der Waals surface area contributed by atoms with Crippen LogP contribution in [0.1, 0.15) is 48.2 Å². The number of rotatable bonds is 5. The van der Waals surface area contributed by atoms with Crippen molar-refractivity contribution in [1.82, 2.24) is 4.31 Å². The van der Waals surface area contributed by atoms with Gasteiger partial charge in [0.25, 0.3) is 0 Å². The summed E-state index contributed by atoms with van der Waals surface area (Å²) in [7, 11) is -3.57. The minimum Gasteiger partial charge on any atom is -0.461 e. The Kier molecular flexibility index (Phi) is 4.43. The molecule has 1 aromatic heterocycles. The number of carbonyl (C=O) groups excluding carboxylic acids is 1. The van der Waals surface area contributed by atoms with E-state index in [0.717, 1.165) is 36.5 Å². The van der Waals surface area contributed by atoms with Gasteiger partial charge in [0.2, 0.25) is 10.0 Å². The molecule has 3 atom stereocenters. The molecule has 3 unspecified atom stereocenters. The average molecular weight is 370 g/mol. The quantitative estimate of drug-likeness (QED) is 0.748. The maximum Gasteiger partial charge on any atom is 0.349 e. The summed E-state index contributed by atoms with van der Waals surface area (Å²) in [5.74, 6) is 1.49. The summed E-state index contributed by atoms with van der Waals surface area (Å²) in [6, 6.07) is 1.53. The van der Waals surface area contributed by atoms with Crippen LogP contribution in [0.3, 0.4) is 0 Å². The molecular formula is C17H23NO4S2. The molecule has 1 saturated heterocycles. The summed E-state index contributed by atoms with van der Waals surface area (Å²) >= 11 is 1.16. The number of thiophene rings is 1. The van der Waals surface area contributed by atoms with Gasteiger partial charge in [-0.1, -0.05) is 6.42 Å². The third-order valence-electron chi connectivity index (χ3n) is 5.81. The van der Waals surface area contributed by atoms with Gasteiger partial charge in [-0.3, -0.25) is 0 Å². The van der Waals surface area contributed by atoms with Crippen LogP contribution in [0.5, 0.6) is 0 Å². The predicted molar refractivity (Wildman–Crippen MR) is 91.5 cm³/mol. The minimum atomic E-state index is -3.57. The second-order valence-electron chi connectivity index (χ2n) is 7.26. The van der Waals surface area contributed by atoms with Gasteiger partial charge < -0.3 is 4.74 Å². The monoisotopic (exact) mass is 369 g/mol. The van der Waals surface area contributed by atoms with Gasteiger partial charge in [0, 0.05) is 13.1 Å². The van der Waals surface area contributed by atoms with Gasteiger partial charge in [-0.05, 0) is 61.3 Å². The molecule has 4 rings (SSSR count). The third kappa shape index (κ3) is 2.91. The summed E-state index contributed by atoms with van der Waals surface area (Å²) < 4.78 is 32.4. The number of sulfonamides is 1. The van der Waals surface area contributed by atoms with Gasteiger partial charge in [-0.2, -0.15) is 4.31 Å².